The Morgan fingerprint density at radius 2 is 1.87 bits per heavy atom. The number of nitrogens with zero attached hydrogens (tertiary/aromatic N) is 2. The van der Waals surface area contributed by atoms with E-state index in [9.17, 15) is 13.2 Å². The second-order valence-corrected chi connectivity index (χ2v) is 8.87. The quantitative estimate of drug-likeness (QED) is 0.500. The topological polar surface area (TPSA) is 93.1 Å². The van der Waals surface area contributed by atoms with Gasteiger partial charge >= 0.3 is 0 Å². The lowest BCUT2D eigenvalue weighted by molar-refractivity contribution is -0.120. The molecule has 0 unspecified atom stereocenters. The summed E-state index contributed by atoms with van der Waals surface area (Å²) in [5.74, 6) is 0.644. The summed E-state index contributed by atoms with van der Waals surface area (Å²) < 4.78 is 28.9. The molecule has 1 heterocycles. The standard InChI is InChI=1S/C21H23ClN4O3S/c22-18-7-4-8-19(15-18)30(28,29)25-12-10-21(27)24-11-9-20-23-13-14-26(20)16-17-5-2-1-3-6-17/h1-8,13-15,25H,9-12,16H2,(H,24,27). The Morgan fingerprint density at radius 3 is 2.63 bits per heavy atom. The largest absolute Gasteiger partial charge is 0.356 e. The molecule has 30 heavy (non-hydrogen) atoms. The molecule has 0 atom stereocenters. The second kappa shape index (κ2) is 10.4. The fourth-order valence-corrected chi connectivity index (χ4v) is 4.24. The molecule has 0 aliphatic carbocycles. The molecule has 0 saturated heterocycles. The van der Waals surface area contributed by atoms with E-state index in [1.165, 1.54) is 17.7 Å². The predicted octanol–water partition coefficient (Wildman–Crippen LogP) is 2.61. The van der Waals surface area contributed by atoms with Crippen molar-refractivity contribution in [3.63, 3.8) is 0 Å². The van der Waals surface area contributed by atoms with Crippen molar-refractivity contribution in [2.24, 2.45) is 0 Å². The maximum atomic E-state index is 12.2. The third kappa shape index (κ3) is 6.41. The number of amides is 1. The molecular formula is C21H23ClN4O3S. The SMILES string of the molecule is O=C(CCNS(=O)(=O)c1cccc(Cl)c1)NCCc1nccn1Cc1ccccc1. The number of halogens is 1. The number of hydrogen-bond acceptors (Lipinski definition) is 4. The first kappa shape index (κ1) is 22.0. The molecule has 158 valence electrons. The van der Waals surface area contributed by atoms with Gasteiger partial charge in [0.25, 0.3) is 0 Å². The number of carbonyl (C=O) groups excluding carboxylic acids is 1. The van der Waals surface area contributed by atoms with Crippen LogP contribution in [-0.4, -0.2) is 37.0 Å². The summed E-state index contributed by atoms with van der Waals surface area (Å²) >= 11 is 5.83. The van der Waals surface area contributed by atoms with Gasteiger partial charge in [-0.3, -0.25) is 4.79 Å². The Labute approximate surface area is 181 Å². The third-order valence-corrected chi connectivity index (χ3v) is 6.11. The number of aromatic nitrogens is 2. The predicted molar refractivity (Wildman–Crippen MR) is 116 cm³/mol. The van der Waals surface area contributed by atoms with E-state index in [0.29, 0.717) is 18.0 Å². The highest BCUT2D eigenvalue weighted by Crippen LogP contribution is 2.15. The molecule has 0 fully saturated rings. The zero-order chi connectivity index (χ0) is 21.4. The maximum absolute atomic E-state index is 12.2. The fourth-order valence-electron chi connectivity index (χ4n) is 2.91. The summed E-state index contributed by atoms with van der Waals surface area (Å²) in [6.07, 6.45) is 4.28. The number of nitrogens with one attached hydrogen (secondary N) is 2. The van der Waals surface area contributed by atoms with Crippen molar-refractivity contribution in [3.05, 3.63) is 83.4 Å². The molecule has 2 aromatic carbocycles. The van der Waals surface area contributed by atoms with Crippen molar-refractivity contribution in [1.82, 2.24) is 19.6 Å². The van der Waals surface area contributed by atoms with Crippen LogP contribution in [0.25, 0.3) is 0 Å². The molecule has 1 amide bonds. The van der Waals surface area contributed by atoms with Crippen molar-refractivity contribution in [2.45, 2.75) is 24.3 Å². The van der Waals surface area contributed by atoms with E-state index < -0.39 is 10.0 Å². The van der Waals surface area contributed by atoms with E-state index in [1.54, 1.807) is 18.3 Å². The fraction of sp³-hybridized carbons (Fsp3) is 0.238. The molecule has 0 saturated carbocycles. The summed E-state index contributed by atoms with van der Waals surface area (Å²) in [5.41, 5.74) is 1.17. The molecule has 0 spiro atoms. The molecule has 9 heteroatoms. The van der Waals surface area contributed by atoms with Crippen LogP contribution in [0.15, 0.2) is 71.9 Å². The van der Waals surface area contributed by atoms with Crippen molar-refractivity contribution in [1.29, 1.82) is 0 Å². The van der Waals surface area contributed by atoms with Crippen molar-refractivity contribution >= 4 is 27.5 Å². The Balaban J connectivity index is 1.41. The van der Waals surface area contributed by atoms with E-state index in [1.807, 2.05) is 29.0 Å². The van der Waals surface area contributed by atoms with Gasteiger partial charge in [-0.25, -0.2) is 18.1 Å². The second-order valence-electron chi connectivity index (χ2n) is 6.66. The van der Waals surface area contributed by atoms with E-state index in [0.717, 1.165) is 12.4 Å². The van der Waals surface area contributed by atoms with Crippen LogP contribution in [0.2, 0.25) is 5.02 Å². The van der Waals surface area contributed by atoms with Crippen LogP contribution in [0.4, 0.5) is 0 Å². The van der Waals surface area contributed by atoms with E-state index in [2.05, 4.69) is 27.2 Å². The van der Waals surface area contributed by atoms with Gasteiger partial charge < -0.3 is 9.88 Å². The molecular weight excluding hydrogens is 424 g/mol. The van der Waals surface area contributed by atoms with Gasteiger partial charge in [-0.05, 0) is 23.8 Å². The molecule has 2 N–H and O–H groups in total. The van der Waals surface area contributed by atoms with Crippen molar-refractivity contribution in [2.75, 3.05) is 13.1 Å². The van der Waals surface area contributed by atoms with Gasteiger partial charge in [-0.1, -0.05) is 48.0 Å². The molecule has 0 radical (unpaired) electrons. The van der Waals surface area contributed by atoms with Gasteiger partial charge in [-0.2, -0.15) is 0 Å². The first-order chi connectivity index (χ1) is 14.4. The molecule has 1 aromatic heterocycles. The normalized spacial score (nSPS) is 11.4. The van der Waals surface area contributed by atoms with Crippen molar-refractivity contribution < 1.29 is 13.2 Å². The smallest absolute Gasteiger partial charge is 0.240 e. The lowest BCUT2D eigenvalue weighted by Gasteiger charge is -2.10. The van der Waals surface area contributed by atoms with Crippen LogP contribution in [0.3, 0.4) is 0 Å². The van der Waals surface area contributed by atoms with E-state index >= 15 is 0 Å². The third-order valence-electron chi connectivity index (χ3n) is 4.42. The van der Waals surface area contributed by atoms with Gasteiger partial charge in [0.2, 0.25) is 15.9 Å². The summed E-state index contributed by atoms with van der Waals surface area (Å²) in [4.78, 5) is 16.5. The minimum atomic E-state index is -3.70. The van der Waals surface area contributed by atoms with E-state index in [4.69, 9.17) is 11.6 Å². The highest BCUT2D eigenvalue weighted by atomic mass is 35.5. The number of carbonyl (C=O) groups is 1. The highest BCUT2D eigenvalue weighted by molar-refractivity contribution is 7.89. The Hall–Kier alpha value is -2.68. The zero-order valence-electron chi connectivity index (χ0n) is 16.3. The van der Waals surface area contributed by atoms with Crippen molar-refractivity contribution in [3.8, 4) is 0 Å². The Bertz CT molecular complexity index is 1080. The lowest BCUT2D eigenvalue weighted by Crippen LogP contribution is -2.32. The van der Waals surface area contributed by atoms with Gasteiger partial charge in [0.15, 0.2) is 0 Å². The van der Waals surface area contributed by atoms with E-state index in [-0.39, 0.29) is 23.8 Å². The molecule has 3 aromatic rings. The monoisotopic (exact) mass is 446 g/mol. The molecule has 0 bridgehead atoms. The number of rotatable bonds is 10. The van der Waals surface area contributed by atoms with Crippen LogP contribution in [0.5, 0.6) is 0 Å². The van der Waals surface area contributed by atoms with Crippen LogP contribution in [0, 0.1) is 0 Å². The van der Waals surface area contributed by atoms with Gasteiger partial charge in [0.05, 0.1) is 4.90 Å². The molecule has 7 nitrogen and oxygen atoms in total. The zero-order valence-corrected chi connectivity index (χ0v) is 17.9. The number of imidazole rings is 1. The number of benzene rings is 2. The van der Waals surface area contributed by atoms with Crippen LogP contribution >= 0.6 is 11.6 Å². The number of sulfonamides is 1. The summed E-state index contributed by atoms with van der Waals surface area (Å²) in [7, 11) is -3.70. The maximum Gasteiger partial charge on any atom is 0.240 e. The minimum absolute atomic E-state index is 0.00329. The summed E-state index contributed by atoms with van der Waals surface area (Å²) in [5, 5.41) is 3.13. The van der Waals surface area contributed by atoms with Gasteiger partial charge in [-0.15, -0.1) is 0 Å². The van der Waals surface area contributed by atoms with Gasteiger partial charge in [0.1, 0.15) is 5.82 Å². The summed E-state index contributed by atoms with van der Waals surface area (Å²) in [6.45, 7) is 1.14. The van der Waals surface area contributed by atoms with Gasteiger partial charge in [0, 0.05) is 49.9 Å². The molecule has 3 rings (SSSR count). The summed E-state index contributed by atoms with van der Waals surface area (Å²) in [6, 6.07) is 16.0. The Morgan fingerprint density at radius 1 is 1.07 bits per heavy atom. The first-order valence-electron chi connectivity index (χ1n) is 9.50. The Kier molecular flexibility index (Phi) is 7.62. The average Bonchev–Trinajstić information content (AvgIpc) is 3.15. The van der Waals surface area contributed by atoms with Crippen LogP contribution in [-0.2, 0) is 27.8 Å². The lowest BCUT2D eigenvalue weighted by atomic mass is 10.2. The highest BCUT2D eigenvalue weighted by Gasteiger charge is 2.14. The average molecular weight is 447 g/mol. The first-order valence-corrected chi connectivity index (χ1v) is 11.4. The molecule has 0 aliphatic heterocycles. The minimum Gasteiger partial charge on any atom is -0.356 e. The van der Waals surface area contributed by atoms with Crippen LogP contribution < -0.4 is 10.0 Å². The number of hydrogen-bond donors (Lipinski definition) is 2. The molecule has 0 aliphatic rings. The van der Waals surface area contributed by atoms with Crippen LogP contribution in [0.1, 0.15) is 17.8 Å².